The Morgan fingerprint density at radius 3 is 2.86 bits per heavy atom. The summed E-state index contributed by atoms with van der Waals surface area (Å²) in [5, 5.41) is 20.6. The van der Waals surface area contributed by atoms with Gasteiger partial charge in [0.25, 0.3) is 0 Å². The lowest BCUT2D eigenvalue weighted by Crippen LogP contribution is -2.01. The number of hydrogen-bond donors (Lipinski definition) is 1. The van der Waals surface area contributed by atoms with Crippen LogP contribution in [-0.2, 0) is 20.2 Å². The molecule has 6 nitrogen and oxygen atoms in total. The van der Waals surface area contributed by atoms with Crippen LogP contribution in [0.2, 0.25) is 0 Å². The Morgan fingerprint density at radius 2 is 2.29 bits per heavy atom. The molecule has 0 aliphatic heterocycles. The molecule has 0 saturated carbocycles. The van der Waals surface area contributed by atoms with Gasteiger partial charge >= 0.3 is 0 Å². The maximum Gasteiger partial charge on any atom is 0.108 e. The number of hydrogen-bond acceptors (Lipinski definition) is 4. The molecule has 0 aromatic carbocycles. The minimum absolute atomic E-state index is 0.0811. The van der Waals surface area contributed by atoms with Gasteiger partial charge in [0.05, 0.1) is 25.0 Å². The third-order valence-corrected chi connectivity index (χ3v) is 1.84. The number of aliphatic hydroxyl groups excluding tert-OH is 1. The molecule has 74 valence electrons. The summed E-state index contributed by atoms with van der Waals surface area (Å²) in [4.78, 5) is 0. The van der Waals surface area contributed by atoms with Crippen LogP contribution in [0, 0.1) is 0 Å². The molecule has 0 saturated heterocycles. The van der Waals surface area contributed by atoms with Gasteiger partial charge in [0, 0.05) is 13.2 Å². The van der Waals surface area contributed by atoms with E-state index in [9.17, 15) is 0 Å². The Labute approximate surface area is 80.8 Å². The predicted octanol–water partition coefficient (Wildman–Crippen LogP) is -0.448. The van der Waals surface area contributed by atoms with Crippen molar-refractivity contribution in [3.05, 3.63) is 29.8 Å². The largest absolute Gasteiger partial charge is 0.390 e. The lowest BCUT2D eigenvalue weighted by atomic mass is 10.4. The number of aryl methyl sites for hydroxylation is 1. The van der Waals surface area contributed by atoms with Crippen LogP contribution < -0.4 is 0 Å². The second-order valence-corrected chi connectivity index (χ2v) is 3.05. The fourth-order valence-electron chi connectivity index (χ4n) is 1.20. The SMILES string of the molecule is Cn1ccc(Cn2cc(CO)nn2)n1. The Bertz CT molecular complexity index is 419. The highest BCUT2D eigenvalue weighted by atomic mass is 16.3. The zero-order valence-corrected chi connectivity index (χ0v) is 7.83. The molecule has 0 fully saturated rings. The van der Waals surface area contributed by atoms with E-state index in [1.165, 1.54) is 0 Å². The highest BCUT2D eigenvalue weighted by Crippen LogP contribution is 1.99. The molecule has 0 radical (unpaired) electrons. The van der Waals surface area contributed by atoms with Crippen LogP contribution in [0.5, 0.6) is 0 Å². The van der Waals surface area contributed by atoms with E-state index >= 15 is 0 Å². The Hall–Kier alpha value is -1.69. The van der Waals surface area contributed by atoms with Crippen molar-refractivity contribution in [1.82, 2.24) is 24.8 Å². The summed E-state index contributed by atoms with van der Waals surface area (Å²) in [6, 6.07) is 1.92. The van der Waals surface area contributed by atoms with Crippen molar-refractivity contribution in [3.63, 3.8) is 0 Å². The topological polar surface area (TPSA) is 68.8 Å². The standard InChI is InChI=1S/C8H11N5O/c1-12-3-2-7(10-12)4-13-5-8(6-14)9-11-13/h2-3,5,14H,4,6H2,1H3. The normalized spacial score (nSPS) is 10.7. The number of nitrogens with zero attached hydrogens (tertiary/aromatic N) is 5. The zero-order valence-electron chi connectivity index (χ0n) is 7.83. The van der Waals surface area contributed by atoms with Gasteiger partial charge in [-0.3, -0.25) is 4.68 Å². The van der Waals surface area contributed by atoms with Crippen molar-refractivity contribution < 1.29 is 5.11 Å². The second kappa shape index (κ2) is 3.59. The first-order chi connectivity index (χ1) is 6.78. The van der Waals surface area contributed by atoms with Crippen molar-refractivity contribution in [2.45, 2.75) is 13.2 Å². The van der Waals surface area contributed by atoms with Crippen LogP contribution in [-0.4, -0.2) is 29.9 Å². The van der Waals surface area contributed by atoms with E-state index < -0.39 is 0 Å². The van der Waals surface area contributed by atoms with Crippen molar-refractivity contribution >= 4 is 0 Å². The third kappa shape index (κ3) is 1.80. The first kappa shape index (κ1) is 8.89. The van der Waals surface area contributed by atoms with Crippen LogP contribution >= 0.6 is 0 Å². The third-order valence-electron chi connectivity index (χ3n) is 1.84. The predicted molar refractivity (Wildman–Crippen MR) is 48.3 cm³/mol. The molecule has 0 atom stereocenters. The van der Waals surface area contributed by atoms with Gasteiger partial charge in [-0.05, 0) is 6.07 Å². The van der Waals surface area contributed by atoms with E-state index in [1.807, 2.05) is 19.3 Å². The first-order valence-corrected chi connectivity index (χ1v) is 4.26. The van der Waals surface area contributed by atoms with Crippen molar-refractivity contribution in [2.75, 3.05) is 0 Å². The van der Waals surface area contributed by atoms with E-state index in [-0.39, 0.29) is 6.61 Å². The van der Waals surface area contributed by atoms with Gasteiger partial charge in [-0.25, -0.2) is 4.68 Å². The van der Waals surface area contributed by atoms with Crippen LogP contribution in [0.15, 0.2) is 18.5 Å². The van der Waals surface area contributed by atoms with Gasteiger partial charge in [-0.1, -0.05) is 5.21 Å². The minimum Gasteiger partial charge on any atom is -0.390 e. The number of aromatic nitrogens is 5. The summed E-state index contributed by atoms with van der Waals surface area (Å²) in [6.45, 7) is 0.496. The van der Waals surface area contributed by atoms with E-state index in [2.05, 4.69) is 15.4 Å². The zero-order chi connectivity index (χ0) is 9.97. The van der Waals surface area contributed by atoms with Crippen molar-refractivity contribution in [1.29, 1.82) is 0 Å². The summed E-state index contributed by atoms with van der Waals surface area (Å²) < 4.78 is 3.38. The van der Waals surface area contributed by atoms with E-state index in [4.69, 9.17) is 5.11 Å². The molecule has 0 aliphatic carbocycles. The summed E-state index contributed by atoms with van der Waals surface area (Å²) in [6.07, 6.45) is 3.58. The average molecular weight is 193 g/mol. The van der Waals surface area contributed by atoms with Crippen molar-refractivity contribution in [2.24, 2.45) is 7.05 Å². The molecule has 14 heavy (non-hydrogen) atoms. The Balaban J connectivity index is 2.10. The Kier molecular flexibility index (Phi) is 2.28. The summed E-state index contributed by atoms with van der Waals surface area (Å²) in [5.41, 5.74) is 1.49. The highest BCUT2D eigenvalue weighted by Gasteiger charge is 2.01. The second-order valence-electron chi connectivity index (χ2n) is 3.05. The van der Waals surface area contributed by atoms with Gasteiger partial charge in [0.1, 0.15) is 5.69 Å². The monoisotopic (exact) mass is 193 g/mol. The smallest absolute Gasteiger partial charge is 0.108 e. The molecule has 2 heterocycles. The summed E-state index contributed by atoms with van der Waals surface area (Å²) in [7, 11) is 1.87. The lowest BCUT2D eigenvalue weighted by molar-refractivity contribution is 0.276. The molecule has 0 aliphatic rings. The van der Waals surface area contributed by atoms with E-state index in [0.717, 1.165) is 5.69 Å². The fourth-order valence-corrected chi connectivity index (χ4v) is 1.20. The van der Waals surface area contributed by atoms with Crippen LogP contribution in [0.1, 0.15) is 11.4 Å². The molecule has 0 bridgehead atoms. The maximum atomic E-state index is 8.79. The quantitative estimate of drug-likeness (QED) is 0.717. The number of aliphatic hydroxyl groups is 1. The van der Waals surface area contributed by atoms with E-state index in [0.29, 0.717) is 12.2 Å². The Morgan fingerprint density at radius 1 is 1.43 bits per heavy atom. The minimum atomic E-state index is -0.0811. The molecule has 0 amide bonds. The van der Waals surface area contributed by atoms with Crippen LogP contribution in [0.4, 0.5) is 0 Å². The number of rotatable bonds is 3. The molecular formula is C8H11N5O. The fraction of sp³-hybridized carbons (Fsp3) is 0.375. The summed E-state index contributed by atoms with van der Waals surface area (Å²) in [5.74, 6) is 0. The molecule has 0 unspecified atom stereocenters. The van der Waals surface area contributed by atoms with Crippen LogP contribution in [0.25, 0.3) is 0 Å². The molecule has 2 rings (SSSR count). The van der Waals surface area contributed by atoms with Crippen molar-refractivity contribution in [3.8, 4) is 0 Å². The lowest BCUT2D eigenvalue weighted by Gasteiger charge is -1.94. The van der Waals surface area contributed by atoms with Gasteiger partial charge in [-0.15, -0.1) is 5.10 Å². The molecule has 2 aromatic rings. The molecule has 2 aromatic heterocycles. The van der Waals surface area contributed by atoms with Gasteiger partial charge in [-0.2, -0.15) is 5.10 Å². The molecule has 6 heteroatoms. The average Bonchev–Trinajstić information content (AvgIpc) is 2.76. The molecular weight excluding hydrogens is 182 g/mol. The van der Waals surface area contributed by atoms with Gasteiger partial charge < -0.3 is 5.11 Å². The van der Waals surface area contributed by atoms with Crippen LogP contribution in [0.3, 0.4) is 0 Å². The summed E-state index contributed by atoms with van der Waals surface area (Å²) >= 11 is 0. The maximum absolute atomic E-state index is 8.79. The first-order valence-electron chi connectivity index (χ1n) is 4.26. The van der Waals surface area contributed by atoms with Gasteiger partial charge in [0.15, 0.2) is 0 Å². The molecule has 1 N–H and O–H groups in total. The van der Waals surface area contributed by atoms with Gasteiger partial charge in [0.2, 0.25) is 0 Å². The van der Waals surface area contributed by atoms with E-state index in [1.54, 1.807) is 15.6 Å². The molecule has 0 spiro atoms. The highest BCUT2D eigenvalue weighted by molar-refractivity contribution is 5.00.